The lowest BCUT2D eigenvalue weighted by Gasteiger charge is -2.26. The van der Waals surface area contributed by atoms with E-state index in [1.165, 1.54) is 10.6 Å². The van der Waals surface area contributed by atoms with E-state index >= 15 is 0 Å². The highest BCUT2D eigenvalue weighted by atomic mass is 32.2. The molecule has 23 heavy (non-hydrogen) atoms. The number of nitrogens with one attached hydrogen (secondary N) is 1. The third-order valence-corrected chi connectivity index (χ3v) is 5.33. The molecule has 0 bridgehead atoms. The maximum atomic E-state index is 12.0. The zero-order chi connectivity index (χ0) is 16.9. The van der Waals surface area contributed by atoms with Crippen molar-refractivity contribution in [2.45, 2.75) is 38.1 Å². The summed E-state index contributed by atoms with van der Waals surface area (Å²) in [6.07, 6.45) is 5.07. The Morgan fingerprint density at radius 1 is 1.39 bits per heavy atom. The highest BCUT2D eigenvalue weighted by molar-refractivity contribution is 7.88. The summed E-state index contributed by atoms with van der Waals surface area (Å²) in [5.41, 5.74) is 1.01. The lowest BCUT2D eigenvalue weighted by molar-refractivity contribution is -0.116. The Hall–Kier alpha value is -1.91. The summed E-state index contributed by atoms with van der Waals surface area (Å²) in [5, 5.41) is 11.5. The van der Waals surface area contributed by atoms with Gasteiger partial charge in [0, 0.05) is 24.7 Å². The number of nitriles is 1. The molecule has 2 rings (SSSR count). The summed E-state index contributed by atoms with van der Waals surface area (Å²) in [5.74, 6) is -0.258. The number of carbonyl (C=O) groups is 1. The van der Waals surface area contributed by atoms with Gasteiger partial charge >= 0.3 is 0 Å². The monoisotopic (exact) mass is 335 g/mol. The Bertz CT molecular complexity index is 704. The standard InChI is InChI=1S/C16H21N3O3S/c1-23(21,22)19(15-7-2-3-8-15)10-9-16(20)18-14-6-4-5-13(11-14)12-17/h4-6,11,15H,2-3,7-10H2,1H3,(H,18,20). The van der Waals surface area contributed by atoms with Gasteiger partial charge in [-0.3, -0.25) is 4.79 Å². The van der Waals surface area contributed by atoms with Crippen molar-refractivity contribution in [2.24, 2.45) is 0 Å². The van der Waals surface area contributed by atoms with Crippen LogP contribution >= 0.6 is 0 Å². The molecule has 6 nitrogen and oxygen atoms in total. The largest absolute Gasteiger partial charge is 0.326 e. The number of hydrogen-bond acceptors (Lipinski definition) is 4. The van der Waals surface area contributed by atoms with E-state index in [0.717, 1.165) is 25.7 Å². The average Bonchev–Trinajstić information content (AvgIpc) is 3.00. The second kappa shape index (κ2) is 7.57. The molecule has 124 valence electrons. The number of hydrogen-bond donors (Lipinski definition) is 1. The van der Waals surface area contributed by atoms with E-state index in [4.69, 9.17) is 5.26 Å². The fraction of sp³-hybridized carbons (Fsp3) is 0.500. The number of carbonyl (C=O) groups excluding carboxylic acids is 1. The first kappa shape index (κ1) is 17.4. The molecule has 0 atom stereocenters. The minimum absolute atomic E-state index is 0.0136. The van der Waals surface area contributed by atoms with Crippen molar-refractivity contribution < 1.29 is 13.2 Å². The minimum Gasteiger partial charge on any atom is -0.326 e. The van der Waals surface area contributed by atoms with Crippen molar-refractivity contribution >= 4 is 21.6 Å². The summed E-state index contributed by atoms with van der Waals surface area (Å²) in [6, 6.07) is 8.65. The molecule has 1 aromatic carbocycles. The van der Waals surface area contributed by atoms with Gasteiger partial charge in [-0.2, -0.15) is 9.57 Å². The van der Waals surface area contributed by atoms with E-state index in [9.17, 15) is 13.2 Å². The van der Waals surface area contributed by atoms with E-state index < -0.39 is 10.0 Å². The van der Waals surface area contributed by atoms with Crippen LogP contribution in [-0.2, 0) is 14.8 Å². The van der Waals surface area contributed by atoms with Gasteiger partial charge < -0.3 is 5.32 Å². The van der Waals surface area contributed by atoms with Gasteiger partial charge in [0.1, 0.15) is 0 Å². The maximum absolute atomic E-state index is 12.0. The van der Waals surface area contributed by atoms with Crippen LogP contribution in [0.1, 0.15) is 37.7 Å². The second-order valence-corrected chi connectivity index (χ2v) is 7.74. The molecule has 1 N–H and O–H groups in total. The van der Waals surface area contributed by atoms with Gasteiger partial charge in [0.15, 0.2) is 0 Å². The molecular weight excluding hydrogens is 314 g/mol. The Balaban J connectivity index is 1.94. The summed E-state index contributed by atoms with van der Waals surface area (Å²) in [4.78, 5) is 12.0. The molecular formula is C16H21N3O3S. The molecule has 1 fully saturated rings. The van der Waals surface area contributed by atoms with Crippen molar-refractivity contribution in [3.8, 4) is 6.07 Å². The quantitative estimate of drug-likeness (QED) is 0.862. The summed E-state index contributed by atoms with van der Waals surface area (Å²) in [6.45, 7) is 0.188. The van der Waals surface area contributed by atoms with Gasteiger partial charge in [0.05, 0.1) is 17.9 Å². The molecule has 0 saturated heterocycles. The van der Waals surface area contributed by atoms with Crippen molar-refractivity contribution in [3.05, 3.63) is 29.8 Å². The van der Waals surface area contributed by atoms with Crippen LogP contribution in [0.2, 0.25) is 0 Å². The van der Waals surface area contributed by atoms with Crippen LogP contribution in [0, 0.1) is 11.3 Å². The Morgan fingerprint density at radius 3 is 2.70 bits per heavy atom. The lowest BCUT2D eigenvalue weighted by atomic mass is 10.2. The van der Waals surface area contributed by atoms with Crippen LogP contribution in [-0.4, -0.2) is 37.5 Å². The number of anilines is 1. The lowest BCUT2D eigenvalue weighted by Crippen LogP contribution is -2.39. The van der Waals surface area contributed by atoms with Crippen LogP contribution in [0.3, 0.4) is 0 Å². The molecule has 0 unspecified atom stereocenters. The molecule has 0 aromatic heterocycles. The number of nitrogens with zero attached hydrogens (tertiary/aromatic N) is 2. The zero-order valence-electron chi connectivity index (χ0n) is 13.2. The highest BCUT2D eigenvalue weighted by Crippen LogP contribution is 2.25. The first-order valence-electron chi connectivity index (χ1n) is 7.67. The third-order valence-electron chi connectivity index (χ3n) is 3.99. The van der Waals surface area contributed by atoms with Crippen LogP contribution in [0.5, 0.6) is 0 Å². The van der Waals surface area contributed by atoms with Crippen LogP contribution in [0.25, 0.3) is 0 Å². The van der Waals surface area contributed by atoms with E-state index in [0.29, 0.717) is 11.3 Å². The van der Waals surface area contributed by atoms with Gasteiger partial charge in [-0.15, -0.1) is 0 Å². The molecule has 1 aromatic rings. The highest BCUT2D eigenvalue weighted by Gasteiger charge is 2.29. The molecule has 1 saturated carbocycles. The normalized spacial score (nSPS) is 15.5. The third kappa shape index (κ3) is 5.05. The molecule has 1 aliphatic carbocycles. The maximum Gasteiger partial charge on any atom is 0.225 e. The fourth-order valence-corrected chi connectivity index (χ4v) is 4.09. The number of amides is 1. The van der Waals surface area contributed by atoms with Gasteiger partial charge in [0.2, 0.25) is 15.9 Å². The van der Waals surface area contributed by atoms with Crippen molar-refractivity contribution in [1.82, 2.24) is 4.31 Å². The molecule has 0 spiro atoms. The minimum atomic E-state index is -3.32. The van der Waals surface area contributed by atoms with E-state index in [1.54, 1.807) is 24.3 Å². The van der Waals surface area contributed by atoms with Crippen molar-refractivity contribution in [2.75, 3.05) is 18.1 Å². The van der Waals surface area contributed by atoms with Gasteiger partial charge in [-0.05, 0) is 31.0 Å². The molecule has 1 amide bonds. The van der Waals surface area contributed by atoms with E-state index in [2.05, 4.69) is 5.32 Å². The second-order valence-electron chi connectivity index (χ2n) is 5.80. The predicted molar refractivity (Wildman–Crippen MR) is 88.2 cm³/mol. The number of benzene rings is 1. The smallest absolute Gasteiger partial charge is 0.225 e. The van der Waals surface area contributed by atoms with Crippen molar-refractivity contribution in [1.29, 1.82) is 5.26 Å². The van der Waals surface area contributed by atoms with Gasteiger partial charge in [-0.1, -0.05) is 18.9 Å². The molecule has 1 aliphatic rings. The first-order valence-corrected chi connectivity index (χ1v) is 9.52. The number of sulfonamides is 1. The molecule has 7 heteroatoms. The van der Waals surface area contributed by atoms with Crippen LogP contribution < -0.4 is 5.32 Å². The Morgan fingerprint density at radius 2 is 2.09 bits per heavy atom. The Kier molecular flexibility index (Phi) is 5.74. The predicted octanol–water partition coefficient (Wildman–Crippen LogP) is 2.09. The van der Waals surface area contributed by atoms with Crippen LogP contribution in [0.15, 0.2) is 24.3 Å². The van der Waals surface area contributed by atoms with Gasteiger partial charge in [-0.25, -0.2) is 8.42 Å². The summed E-state index contributed by atoms with van der Waals surface area (Å²) >= 11 is 0. The Labute approximate surface area is 137 Å². The molecule has 0 heterocycles. The summed E-state index contributed by atoms with van der Waals surface area (Å²) in [7, 11) is -3.32. The SMILES string of the molecule is CS(=O)(=O)N(CCC(=O)Nc1cccc(C#N)c1)C1CCCC1. The summed E-state index contributed by atoms with van der Waals surface area (Å²) < 4.78 is 25.3. The fourth-order valence-electron chi connectivity index (χ4n) is 2.91. The average molecular weight is 335 g/mol. The first-order chi connectivity index (χ1) is 10.9. The zero-order valence-corrected chi connectivity index (χ0v) is 14.0. The van der Waals surface area contributed by atoms with Crippen LogP contribution in [0.4, 0.5) is 5.69 Å². The van der Waals surface area contributed by atoms with E-state index in [1.807, 2.05) is 6.07 Å². The van der Waals surface area contributed by atoms with Gasteiger partial charge in [0.25, 0.3) is 0 Å². The topological polar surface area (TPSA) is 90.3 Å². The molecule has 0 aliphatic heterocycles. The van der Waals surface area contributed by atoms with Crippen molar-refractivity contribution in [3.63, 3.8) is 0 Å². The van der Waals surface area contributed by atoms with E-state index in [-0.39, 0.29) is 24.9 Å². The number of rotatable bonds is 6. The molecule has 0 radical (unpaired) electrons.